The third-order valence-electron chi connectivity index (χ3n) is 3.55. The molecule has 9 heteroatoms. The van der Waals surface area contributed by atoms with Crippen molar-refractivity contribution in [3.8, 4) is 23.3 Å². The Morgan fingerprint density at radius 2 is 2.07 bits per heavy atom. The van der Waals surface area contributed by atoms with E-state index in [1.54, 1.807) is 31.2 Å². The minimum Gasteiger partial charge on any atom is -0.490 e. The molecule has 3 aromatic rings. The van der Waals surface area contributed by atoms with Gasteiger partial charge in [0, 0.05) is 6.07 Å². The van der Waals surface area contributed by atoms with Crippen molar-refractivity contribution in [2.45, 2.75) is 13.3 Å². The predicted octanol–water partition coefficient (Wildman–Crippen LogP) is 2.73. The second kappa shape index (κ2) is 8.29. The monoisotopic (exact) mass is 383 g/mol. The van der Waals surface area contributed by atoms with Crippen molar-refractivity contribution in [1.82, 2.24) is 20.2 Å². The Morgan fingerprint density at radius 3 is 2.70 bits per heavy atom. The molecule has 0 fully saturated rings. The molecule has 2 aromatic carbocycles. The first-order valence-corrected chi connectivity index (χ1v) is 8.38. The number of halogens is 1. The molecule has 0 N–H and O–H groups in total. The highest BCUT2D eigenvalue weighted by Gasteiger charge is 2.17. The number of aromatic nitrogens is 4. The first-order valence-electron chi connectivity index (χ1n) is 8.00. The second-order valence-corrected chi connectivity index (χ2v) is 5.81. The van der Waals surface area contributed by atoms with Crippen LogP contribution in [0.2, 0.25) is 5.02 Å². The first kappa shape index (κ1) is 18.4. The van der Waals surface area contributed by atoms with E-state index < -0.39 is 5.97 Å². The Balaban J connectivity index is 1.73. The molecule has 0 bridgehead atoms. The molecule has 0 saturated carbocycles. The van der Waals surface area contributed by atoms with Gasteiger partial charge in [-0.3, -0.25) is 4.79 Å². The molecule has 0 spiro atoms. The maximum Gasteiger partial charge on any atom is 0.315 e. The zero-order valence-corrected chi connectivity index (χ0v) is 15.1. The Hall–Kier alpha value is -3.44. The lowest BCUT2D eigenvalue weighted by atomic mass is 10.1. The molecule has 3 rings (SSSR count). The zero-order valence-electron chi connectivity index (χ0n) is 14.3. The maximum atomic E-state index is 12.3. The van der Waals surface area contributed by atoms with Gasteiger partial charge in [0.1, 0.15) is 6.33 Å². The van der Waals surface area contributed by atoms with Crippen LogP contribution in [0, 0.1) is 11.3 Å². The summed E-state index contributed by atoms with van der Waals surface area (Å²) in [5, 5.41) is 20.1. The molecule has 8 nitrogen and oxygen atoms in total. The van der Waals surface area contributed by atoms with E-state index in [1.807, 2.05) is 6.07 Å². The van der Waals surface area contributed by atoms with Gasteiger partial charge in [0.25, 0.3) is 0 Å². The van der Waals surface area contributed by atoms with Crippen LogP contribution in [0.3, 0.4) is 0 Å². The first-order chi connectivity index (χ1) is 13.1. The average molecular weight is 384 g/mol. The van der Waals surface area contributed by atoms with Crippen molar-refractivity contribution < 1.29 is 14.3 Å². The summed E-state index contributed by atoms with van der Waals surface area (Å²) in [7, 11) is 0. The topological polar surface area (TPSA) is 103 Å². The number of nitrogens with zero attached hydrogens (tertiary/aromatic N) is 5. The fourth-order valence-electron chi connectivity index (χ4n) is 2.36. The molecular formula is C18H14ClN5O3. The third-order valence-corrected chi connectivity index (χ3v) is 3.83. The number of nitriles is 1. The molecule has 0 saturated heterocycles. The summed E-state index contributed by atoms with van der Waals surface area (Å²) in [6, 6.07) is 12.0. The molecule has 1 aromatic heterocycles. The lowest BCUT2D eigenvalue weighted by molar-refractivity contribution is -0.133. The summed E-state index contributed by atoms with van der Waals surface area (Å²) in [6.07, 6.45) is 1.52. The molecule has 136 valence electrons. The van der Waals surface area contributed by atoms with E-state index in [9.17, 15) is 4.79 Å². The van der Waals surface area contributed by atoms with E-state index in [2.05, 4.69) is 15.5 Å². The highest BCUT2D eigenvalue weighted by atomic mass is 35.5. The standard InChI is InChI=1S/C18H14ClN5O3/c1-2-26-16-8-13(10-20)7-15(19)18(16)27-17(25)9-12-3-5-14(6-4-12)24-11-21-22-23-24/h3-8,11H,2,9H2,1H3. The van der Waals surface area contributed by atoms with Crippen LogP contribution in [0.25, 0.3) is 5.69 Å². The Labute approximate surface area is 159 Å². The van der Waals surface area contributed by atoms with Crippen LogP contribution in [0.5, 0.6) is 11.5 Å². The van der Waals surface area contributed by atoms with Gasteiger partial charge < -0.3 is 9.47 Å². The SMILES string of the molecule is CCOc1cc(C#N)cc(Cl)c1OC(=O)Cc1ccc(-n2cnnn2)cc1. The number of rotatable bonds is 6. The number of hydrogen-bond donors (Lipinski definition) is 0. The highest BCUT2D eigenvalue weighted by molar-refractivity contribution is 6.32. The summed E-state index contributed by atoms with van der Waals surface area (Å²) < 4.78 is 12.3. The fraction of sp³-hybridized carbons (Fsp3) is 0.167. The van der Waals surface area contributed by atoms with Gasteiger partial charge in [-0.15, -0.1) is 5.10 Å². The van der Waals surface area contributed by atoms with E-state index in [0.717, 1.165) is 11.3 Å². The van der Waals surface area contributed by atoms with Gasteiger partial charge >= 0.3 is 5.97 Å². The van der Waals surface area contributed by atoms with E-state index in [4.69, 9.17) is 26.3 Å². The molecule has 0 unspecified atom stereocenters. The van der Waals surface area contributed by atoms with Crippen LogP contribution in [-0.2, 0) is 11.2 Å². The van der Waals surface area contributed by atoms with Gasteiger partial charge in [-0.1, -0.05) is 23.7 Å². The minimum atomic E-state index is -0.502. The summed E-state index contributed by atoms with van der Waals surface area (Å²) in [6.45, 7) is 2.12. The van der Waals surface area contributed by atoms with Crippen molar-refractivity contribution in [1.29, 1.82) is 5.26 Å². The molecule has 27 heavy (non-hydrogen) atoms. The van der Waals surface area contributed by atoms with Gasteiger partial charge in [-0.25, -0.2) is 4.68 Å². The van der Waals surface area contributed by atoms with E-state index in [-0.39, 0.29) is 22.9 Å². The fourth-order valence-corrected chi connectivity index (χ4v) is 2.61. The Morgan fingerprint density at radius 1 is 1.30 bits per heavy atom. The van der Waals surface area contributed by atoms with E-state index in [1.165, 1.54) is 23.1 Å². The number of benzene rings is 2. The van der Waals surface area contributed by atoms with Gasteiger partial charge in [0.2, 0.25) is 0 Å². The van der Waals surface area contributed by atoms with Crippen molar-refractivity contribution in [2.75, 3.05) is 6.61 Å². The quantitative estimate of drug-likeness (QED) is 0.476. The smallest absolute Gasteiger partial charge is 0.315 e. The summed E-state index contributed by atoms with van der Waals surface area (Å²) in [4.78, 5) is 12.3. The Kier molecular flexibility index (Phi) is 5.64. The largest absolute Gasteiger partial charge is 0.490 e. The summed E-state index contributed by atoms with van der Waals surface area (Å²) >= 11 is 6.14. The molecule has 1 heterocycles. The zero-order chi connectivity index (χ0) is 19.2. The molecule has 0 aliphatic heterocycles. The second-order valence-electron chi connectivity index (χ2n) is 5.40. The van der Waals surface area contributed by atoms with Crippen LogP contribution in [-0.4, -0.2) is 32.8 Å². The third kappa shape index (κ3) is 4.40. The normalized spacial score (nSPS) is 10.3. The number of tetrazole rings is 1. The number of carbonyl (C=O) groups is 1. The van der Waals surface area contributed by atoms with Crippen molar-refractivity contribution >= 4 is 17.6 Å². The number of hydrogen-bond acceptors (Lipinski definition) is 7. The van der Waals surface area contributed by atoms with Crippen LogP contribution < -0.4 is 9.47 Å². The number of carbonyl (C=O) groups excluding carboxylic acids is 1. The van der Waals surface area contributed by atoms with Gasteiger partial charge in [0.05, 0.1) is 35.4 Å². The molecule has 0 aliphatic rings. The highest BCUT2D eigenvalue weighted by Crippen LogP contribution is 2.36. The van der Waals surface area contributed by atoms with Crippen LogP contribution in [0.4, 0.5) is 0 Å². The molecule has 0 aliphatic carbocycles. The van der Waals surface area contributed by atoms with Crippen LogP contribution in [0.15, 0.2) is 42.7 Å². The number of esters is 1. The molecule has 0 radical (unpaired) electrons. The van der Waals surface area contributed by atoms with Gasteiger partial charge in [0.15, 0.2) is 11.5 Å². The summed E-state index contributed by atoms with van der Waals surface area (Å²) in [5.74, 6) is -0.144. The average Bonchev–Trinajstić information content (AvgIpc) is 3.20. The minimum absolute atomic E-state index is 0.0395. The van der Waals surface area contributed by atoms with Crippen molar-refractivity contribution in [3.63, 3.8) is 0 Å². The van der Waals surface area contributed by atoms with E-state index >= 15 is 0 Å². The van der Waals surface area contributed by atoms with Gasteiger partial charge in [-0.05, 0) is 41.1 Å². The lowest BCUT2D eigenvalue weighted by Gasteiger charge is -2.12. The molecule has 0 amide bonds. The maximum absolute atomic E-state index is 12.3. The molecule has 0 atom stereocenters. The summed E-state index contributed by atoms with van der Waals surface area (Å²) in [5.41, 5.74) is 1.84. The Bertz CT molecular complexity index is 981. The predicted molar refractivity (Wildman–Crippen MR) is 95.8 cm³/mol. The van der Waals surface area contributed by atoms with Crippen LogP contribution >= 0.6 is 11.6 Å². The van der Waals surface area contributed by atoms with Crippen molar-refractivity contribution in [2.24, 2.45) is 0 Å². The van der Waals surface area contributed by atoms with Crippen molar-refractivity contribution in [3.05, 3.63) is 58.9 Å². The van der Waals surface area contributed by atoms with E-state index in [0.29, 0.717) is 12.2 Å². The van der Waals surface area contributed by atoms with Gasteiger partial charge in [-0.2, -0.15) is 5.26 Å². The molecular weight excluding hydrogens is 370 g/mol. The number of ether oxygens (including phenoxy) is 2. The van der Waals surface area contributed by atoms with Crippen LogP contribution in [0.1, 0.15) is 18.1 Å². The lowest BCUT2D eigenvalue weighted by Crippen LogP contribution is -2.13.